The minimum Gasteiger partial charge on any atom is -0.495 e. The van der Waals surface area contributed by atoms with Crippen LogP contribution in [0.2, 0.25) is 5.02 Å². The number of rotatable bonds is 8. The molecule has 0 aliphatic heterocycles. The Bertz CT molecular complexity index is 561. The van der Waals surface area contributed by atoms with Gasteiger partial charge in [0.25, 0.3) is 0 Å². The van der Waals surface area contributed by atoms with Gasteiger partial charge in [-0.3, -0.25) is 9.59 Å². The average Bonchev–Trinajstić information content (AvgIpc) is 2.51. The number of nitrogens with one attached hydrogen (secondary N) is 2. The molecule has 7 heteroatoms. The van der Waals surface area contributed by atoms with Crippen LogP contribution in [-0.2, 0) is 14.3 Å². The van der Waals surface area contributed by atoms with Gasteiger partial charge in [-0.15, -0.1) is 0 Å². The van der Waals surface area contributed by atoms with Crippen LogP contribution in [0.1, 0.15) is 20.3 Å². The van der Waals surface area contributed by atoms with Gasteiger partial charge in [0.1, 0.15) is 11.2 Å². The molecule has 1 aromatic carbocycles. The lowest BCUT2D eigenvalue weighted by Gasteiger charge is -2.23. The Hall–Kier alpha value is -1.79. The van der Waals surface area contributed by atoms with Gasteiger partial charge < -0.3 is 20.1 Å². The van der Waals surface area contributed by atoms with Gasteiger partial charge in [-0.25, -0.2) is 0 Å². The molecular formula is C16H23ClN2O4. The van der Waals surface area contributed by atoms with Crippen LogP contribution in [-0.4, -0.2) is 39.2 Å². The largest absolute Gasteiger partial charge is 0.495 e. The molecule has 0 fully saturated rings. The molecule has 1 aromatic rings. The number of carbonyl (C=O) groups excluding carboxylic acids is 2. The number of benzene rings is 1. The second kappa shape index (κ2) is 8.74. The van der Waals surface area contributed by atoms with Crippen molar-refractivity contribution in [3.05, 3.63) is 23.2 Å². The molecule has 23 heavy (non-hydrogen) atoms. The number of carbonyl (C=O) groups is 2. The fraction of sp³-hybridized carbons (Fsp3) is 0.500. The van der Waals surface area contributed by atoms with Gasteiger partial charge in [-0.1, -0.05) is 11.6 Å². The Labute approximate surface area is 141 Å². The maximum atomic E-state index is 12.4. The predicted octanol–water partition coefficient (Wildman–Crippen LogP) is 2.47. The van der Waals surface area contributed by atoms with Crippen molar-refractivity contribution in [2.75, 3.05) is 32.7 Å². The van der Waals surface area contributed by atoms with Gasteiger partial charge in [0.05, 0.1) is 12.1 Å². The zero-order chi connectivity index (χ0) is 17.5. The molecule has 6 nitrogen and oxygen atoms in total. The van der Waals surface area contributed by atoms with Crippen LogP contribution in [0, 0.1) is 5.41 Å². The monoisotopic (exact) mass is 342 g/mol. The Balaban J connectivity index is 2.67. The van der Waals surface area contributed by atoms with E-state index in [-0.39, 0.29) is 5.91 Å². The lowest BCUT2D eigenvalue weighted by molar-refractivity contribution is -0.138. The van der Waals surface area contributed by atoms with Crippen molar-refractivity contribution in [3.8, 4) is 5.75 Å². The number of methoxy groups -OCH3 is 2. The zero-order valence-corrected chi connectivity index (χ0v) is 14.6. The Morgan fingerprint density at radius 2 is 1.91 bits per heavy atom. The van der Waals surface area contributed by atoms with Crippen LogP contribution in [0.3, 0.4) is 0 Å². The van der Waals surface area contributed by atoms with Crippen LogP contribution < -0.4 is 15.4 Å². The standard InChI is InChI=1S/C16H23ClN2O4/c1-16(2,14(20)18-8-5-9-22-3)15(21)19-11-6-7-13(23-4)12(17)10-11/h6-7,10H,5,8-9H2,1-4H3,(H,18,20)(H,19,21). The van der Waals surface area contributed by atoms with Crippen LogP contribution in [0.25, 0.3) is 0 Å². The van der Waals surface area contributed by atoms with E-state index in [1.165, 1.54) is 7.11 Å². The lowest BCUT2D eigenvalue weighted by Crippen LogP contribution is -2.45. The summed E-state index contributed by atoms with van der Waals surface area (Å²) in [6.45, 7) is 4.15. The SMILES string of the molecule is COCCCNC(=O)C(C)(C)C(=O)Nc1ccc(OC)c(Cl)c1. The molecule has 0 saturated carbocycles. The molecule has 0 saturated heterocycles. The van der Waals surface area contributed by atoms with Gasteiger partial charge in [-0.2, -0.15) is 0 Å². The molecule has 0 radical (unpaired) electrons. The van der Waals surface area contributed by atoms with E-state index < -0.39 is 11.3 Å². The van der Waals surface area contributed by atoms with Gasteiger partial charge >= 0.3 is 0 Å². The molecule has 0 spiro atoms. The second-order valence-corrected chi connectivity index (χ2v) is 5.94. The van der Waals surface area contributed by atoms with E-state index in [0.29, 0.717) is 36.0 Å². The van der Waals surface area contributed by atoms with Crippen molar-refractivity contribution >= 4 is 29.1 Å². The minimum atomic E-state index is -1.21. The van der Waals surface area contributed by atoms with Crippen molar-refractivity contribution in [1.29, 1.82) is 0 Å². The number of halogens is 1. The van der Waals surface area contributed by atoms with Crippen molar-refractivity contribution in [2.45, 2.75) is 20.3 Å². The maximum Gasteiger partial charge on any atom is 0.239 e. The highest BCUT2D eigenvalue weighted by Gasteiger charge is 2.35. The Morgan fingerprint density at radius 1 is 1.22 bits per heavy atom. The summed E-state index contributed by atoms with van der Waals surface area (Å²) >= 11 is 6.02. The van der Waals surface area contributed by atoms with Crippen molar-refractivity contribution in [1.82, 2.24) is 5.32 Å². The van der Waals surface area contributed by atoms with Gasteiger partial charge in [0.2, 0.25) is 11.8 Å². The quantitative estimate of drug-likeness (QED) is 0.562. The molecule has 1 rings (SSSR count). The van der Waals surface area contributed by atoms with Gasteiger partial charge in [-0.05, 0) is 38.5 Å². The summed E-state index contributed by atoms with van der Waals surface area (Å²) in [5.74, 6) is -0.242. The van der Waals surface area contributed by atoms with E-state index in [4.69, 9.17) is 21.1 Å². The van der Waals surface area contributed by atoms with E-state index in [1.54, 1.807) is 39.2 Å². The number of anilines is 1. The Kier molecular flexibility index (Phi) is 7.32. The summed E-state index contributed by atoms with van der Waals surface area (Å²) in [5, 5.41) is 5.80. The topological polar surface area (TPSA) is 76.7 Å². The van der Waals surface area contributed by atoms with Crippen LogP contribution in [0.5, 0.6) is 5.75 Å². The predicted molar refractivity (Wildman–Crippen MR) is 89.9 cm³/mol. The second-order valence-electron chi connectivity index (χ2n) is 5.53. The fourth-order valence-corrected chi connectivity index (χ4v) is 2.03. The molecule has 0 aromatic heterocycles. The Morgan fingerprint density at radius 3 is 2.48 bits per heavy atom. The van der Waals surface area contributed by atoms with E-state index >= 15 is 0 Å². The first-order chi connectivity index (χ1) is 10.8. The third-order valence-electron chi connectivity index (χ3n) is 3.36. The summed E-state index contributed by atoms with van der Waals surface area (Å²) < 4.78 is 9.97. The maximum absolute atomic E-state index is 12.4. The lowest BCUT2D eigenvalue weighted by atomic mass is 9.91. The molecule has 128 valence electrons. The first-order valence-corrected chi connectivity index (χ1v) is 7.63. The number of hydrogen-bond donors (Lipinski definition) is 2. The van der Waals surface area contributed by atoms with E-state index in [0.717, 1.165) is 0 Å². The third-order valence-corrected chi connectivity index (χ3v) is 3.65. The van der Waals surface area contributed by atoms with Crippen LogP contribution in [0.4, 0.5) is 5.69 Å². The molecule has 0 atom stereocenters. The third kappa shape index (κ3) is 5.41. The van der Waals surface area contributed by atoms with Crippen molar-refractivity contribution < 1.29 is 19.1 Å². The highest BCUT2D eigenvalue weighted by Crippen LogP contribution is 2.28. The van der Waals surface area contributed by atoms with Crippen LogP contribution in [0.15, 0.2) is 18.2 Å². The summed E-state index contributed by atoms with van der Waals surface area (Å²) in [5.41, 5.74) is -0.708. The molecule has 0 aliphatic carbocycles. The molecule has 2 amide bonds. The molecule has 2 N–H and O–H groups in total. The van der Waals surface area contributed by atoms with Gasteiger partial charge in [0.15, 0.2) is 0 Å². The normalized spacial score (nSPS) is 11.0. The zero-order valence-electron chi connectivity index (χ0n) is 13.9. The summed E-state index contributed by atoms with van der Waals surface area (Å²) in [4.78, 5) is 24.5. The average molecular weight is 343 g/mol. The summed E-state index contributed by atoms with van der Waals surface area (Å²) in [6, 6.07) is 4.88. The minimum absolute atomic E-state index is 0.342. The molecule has 0 aliphatic rings. The molecule has 0 heterocycles. The summed E-state index contributed by atoms with van der Waals surface area (Å²) in [7, 11) is 3.11. The first kappa shape index (κ1) is 19.3. The number of amides is 2. The fourth-order valence-electron chi connectivity index (χ4n) is 1.77. The molecule has 0 bridgehead atoms. The smallest absolute Gasteiger partial charge is 0.239 e. The number of ether oxygens (including phenoxy) is 2. The summed E-state index contributed by atoms with van der Waals surface area (Å²) in [6.07, 6.45) is 0.689. The van der Waals surface area contributed by atoms with Crippen molar-refractivity contribution in [2.24, 2.45) is 5.41 Å². The highest BCUT2D eigenvalue weighted by atomic mass is 35.5. The highest BCUT2D eigenvalue weighted by molar-refractivity contribution is 6.32. The van der Waals surface area contributed by atoms with E-state index in [1.807, 2.05) is 0 Å². The van der Waals surface area contributed by atoms with Crippen molar-refractivity contribution in [3.63, 3.8) is 0 Å². The molecular weight excluding hydrogens is 320 g/mol. The van der Waals surface area contributed by atoms with Gasteiger partial charge in [0, 0.05) is 25.9 Å². The van der Waals surface area contributed by atoms with Crippen LogP contribution >= 0.6 is 11.6 Å². The van der Waals surface area contributed by atoms with E-state index in [2.05, 4.69) is 10.6 Å². The molecule has 0 unspecified atom stereocenters. The van der Waals surface area contributed by atoms with E-state index in [9.17, 15) is 9.59 Å². The number of hydrogen-bond acceptors (Lipinski definition) is 4. The first-order valence-electron chi connectivity index (χ1n) is 7.25.